The number of ether oxygens (including phenoxy) is 1. The van der Waals surface area contributed by atoms with E-state index >= 15 is 0 Å². The maximum absolute atomic E-state index is 12.0. The van der Waals surface area contributed by atoms with Crippen molar-refractivity contribution in [2.45, 2.75) is 30.8 Å². The van der Waals surface area contributed by atoms with Gasteiger partial charge in [-0.15, -0.1) is 6.42 Å². The largest absolute Gasteiger partial charge is 0.388 e. The van der Waals surface area contributed by atoms with Crippen LogP contribution in [0.2, 0.25) is 0 Å². The van der Waals surface area contributed by atoms with Gasteiger partial charge in [0.05, 0.1) is 19.1 Å². The minimum absolute atomic E-state index is 0.0223. The number of aliphatic hydroxyl groups is 2. The van der Waals surface area contributed by atoms with Gasteiger partial charge < -0.3 is 25.6 Å². The number of terminal acetylenes is 1. The Morgan fingerprint density at radius 2 is 1.79 bits per heavy atom. The highest BCUT2D eigenvalue weighted by Gasteiger charge is 2.43. The lowest BCUT2D eigenvalue weighted by atomic mass is 10.1. The predicted octanol–water partition coefficient (Wildman–Crippen LogP) is -0.955. The van der Waals surface area contributed by atoms with E-state index in [1.807, 2.05) is 0 Å². The standard InChI is InChI=1S/C17H20N2O5/c1-2-8-18-14(20)9-12-15(21)16(22)13(24-12)10-19-17(23)11-6-4-3-5-7-11/h1,3-7,12-13,15-16,21-22H,8-10H2,(H,18,20)(H,19,23)/t12-,13-,15+,16-/m1/s1. The molecule has 0 radical (unpaired) electrons. The van der Waals surface area contributed by atoms with E-state index in [1.165, 1.54) is 0 Å². The number of benzene rings is 1. The van der Waals surface area contributed by atoms with Crippen molar-refractivity contribution < 1.29 is 24.5 Å². The molecule has 1 aliphatic heterocycles. The molecule has 1 saturated heterocycles. The number of hydrogen-bond donors (Lipinski definition) is 4. The van der Waals surface area contributed by atoms with Gasteiger partial charge in [0.15, 0.2) is 0 Å². The summed E-state index contributed by atoms with van der Waals surface area (Å²) in [5.41, 5.74) is 0.482. The van der Waals surface area contributed by atoms with E-state index in [0.29, 0.717) is 5.56 Å². The summed E-state index contributed by atoms with van der Waals surface area (Å²) in [6.07, 6.45) is 0.884. The molecule has 4 N–H and O–H groups in total. The molecular weight excluding hydrogens is 312 g/mol. The first kappa shape index (κ1) is 17.9. The number of rotatable bonds is 6. The fourth-order valence-electron chi connectivity index (χ4n) is 2.45. The second kappa shape index (κ2) is 8.45. The smallest absolute Gasteiger partial charge is 0.251 e. The van der Waals surface area contributed by atoms with Gasteiger partial charge in [0.1, 0.15) is 18.3 Å². The van der Waals surface area contributed by atoms with Crippen LogP contribution in [-0.4, -0.2) is 59.5 Å². The van der Waals surface area contributed by atoms with E-state index in [-0.39, 0.29) is 31.3 Å². The third-order valence-electron chi connectivity index (χ3n) is 3.74. The Morgan fingerprint density at radius 1 is 1.12 bits per heavy atom. The first-order chi connectivity index (χ1) is 11.5. The topological polar surface area (TPSA) is 108 Å². The third-order valence-corrected chi connectivity index (χ3v) is 3.74. The zero-order valence-corrected chi connectivity index (χ0v) is 13.0. The van der Waals surface area contributed by atoms with E-state index in [2.05, 4.69) is 16.6 Å². The van der Waals surface area contributed by atoms with Crippen LogP contribution in [0.3, 0.4) is 0 Å². The molecule has 24 heavy (non-hydrogen) atoms. The molecule has 4 atom stereocenters. The summed E-state index contributed by atoms with van der Waals surface area (Å²) in [4.78, 5) is 23.6. The first-order valence-corrected chi connectivity index (χ1v) is 7.58. The summed E-state index contributed by atoms with van der Waals surface area (Å²) in [6.45, 7) is 0.106. The summed E-state index contributed by atoms with van der Waals surface area (Å²) >= 11 is 0. The molecule has 0 aliphatic carbocycles. The van der Waals surface area contributed by atoms with E-state index in [4.69, 9.17) is 11.2 Å². The maximum Gasteiger partial charge on any atom is 0.251 e. The van der Waals surface area contributed by atoms with Crippen LogP contribution in [0, 0.1) is 12.3 Å². The molecular formula is C17H20N2O5. The van der Waals surface area contributed by atoms with Gasteiger partial charge in [-0.05, 0) is 12.1 Å². The van der Waals surface area contributed by atoms with Crippen molar-refractivity contribution in [2.75, 3.05) is 13.1 Å². The molecule has 0 unspecified atom stereocenters. The Bertz CT molecular complexity index is 613. The molecule has 1 fully saturated rings. The van der Waals surface area contributed by atoms with Crippen molar-refractivity contribution in [1.29, 1.82) is 0 Å². The molecule has 128 valence electrons. The molecule has 1 aromatic carbocycles. The zero-order chi connectivity index (χ0) is 17.5. The summed E-state index contributed by atoms with van der Waals surface area (Å²) in [6, 6.07) is 8.60. The van der Waals surface area contributed by atoms with E-state index in [0.717, 1.165) is 0 Å². The molecule has 1 aliphatic rings. The number of amides is 2. The summed E-state index contributed by atoms with van der Waals surface area (Å²) in [5, 5.41) is 25.1. The number of carbonyl (C=O) groups is 2. The molecule has 7 nitrogen and oxygen atoms in total. The van der Waals surface area contributed by atoms with Crippen molar-refractivity contribution in [3.63, 3.8) is 0 Å². The van der Waals surface area contributed by atoms with Crippen LogP contribution < -0.4 is 10.6 Å². The zero-order valence-electron chi connectivity index (χ0n) is 13.0. The molecule has 0 spiro atoms. The molecule has 0 bridgehead atoms. The SMILES string of the molecule is C#CCNC(=O)C[C@H]1O[C@H](CNC(=O)c2ccccc2)[C@@H](O)[C@H]1O. The minimum atomic E-state index is -1.21. The quantitative estimate of drug-likeness (QED) is 0.502. The normalized spacial score (nSPS) is 25.7. The van der Waals surface area contributed by atoms with Gasteiger partial charge in [-0.2, -0.15) is 0 Å². The van der Waals surface area contributed by atoms with Crippen molar-refractivity contribution in [3.8, 4) is 12.3 Å². The van der Waals surface area contributed by atoms with Crippen LogP contribution in [0.4, 0.5) is 0 Å². The Kier molecular flexibility index (Phi) is 6.32. The second-order valence-electron chi connectivity index (χ2n) is 5.46. The van der Waals surface area contributed by atoms with Crippen molar-refractivity contribution in [3.05, 3.63) is 35.9 Å². The lowest BCUT2D eigenvalue weighted by Gasteiger charge is -2.15. The van der Waals surface area contributed by atoms with Crippen LogP contribution in [0.5, 0.6) is 0 Å². The predicted molar refractivity (Wildman–Crippen MR) is 85.9 cm³/mol. The molecule has 0 aromatic heterocycles. The Hall–Kier alpha value is -2.40. The number of carbonyl (C=O) groups excluding carboxylic acids is 2. The fourth-order valence-corrected chi connectivity index (χ4v) is 2.45. The highest BCUT2D eigenvalue weighted by molar-refractivity contribution is 5.94. The van der Waals surface area contributed by atoms with Gasteiger partial charge in [0.2, 0.25) is 5.91 Å². The Morgan fingerprint density at radius 3 is 2.46 bits per heavy atom. The maximum atomic E-state index is 12.0. The highest BCUT2D eigenvalue weighted by Crippen LogP contribution is 2.23. The van der Waals surface area contributed by atoms with Gasteiger partial charge in [-0.1, -0.05) is 24.1 Å². The van der Waals surface area contributed by atoms with Crippen molar-refractivity contribution in [1.82, 2.24) is 10.6 Å². The fraction of sp³-hybridized carbons (Fsp3) is 0.412. The monoisotopic (exact) mass is 332 g/mol. The van der Waals surface area contributed by atoms with Gasteiger partial charge >= 0.3 is 0 Å². The van der Waals surface area contributed by atoms with Gasteiger partial charge in [-0.25, -0.2) is 0 Å². The van der Waals surface area contributed by atoms with E-state index in [9.17, 15) is 19.8 Å². The van der Waals surface area contributed by atoms with Crippen LogP contribution in [0.1, 0.15) is 16.8 Å². The molecule has 7 heteroatoms. The van der Waals surface area contributed by atoms with Gasteiger partial charge in [-0.3, -0.25) is 9.59 Å². The summed E-state index contributed by atoms with van der Waals surface area (Å²) in [5.74, 6) is 1.58. The lowest BCUT2D eigenvalue weighted by molar-refractivity contribution is -0.124. The average molecular weight is 332 g/mol. The van der Waals surface area contributed by atoms with Crippen LogP contribution in [-0.2, 0) is 9.53 Å². The Labute approximate surface area is 140 Å². The highest BCUT2D eigenvalue weighted by atomic mass is 16.5. The molecule has 1 aromatic rings. The molecule has 1 heterocycles. The summed E-state index contributed by atoms with van der Waals surface area (Å²) in [7, 11) is 0. The lowest BCUT2D eigenvalue weighted by Crippen LogP contribution is -2.40. The van der Waals surface area contributed by atoms with Crippen molar-refractivity contribution in [2.24, 2.45) is 0 Å². The number of hydrogen-bond acceptors (Lipinski definition) is 5. The van der Waals surface area contributed by atoms with E-state index in [1.54, 1.807) is 30.3 Å². The number of aliphatic hydroxyl groups excluding tert-OH is 2. The van der Waals surface area contributed by atoms with Crippen molar-refractivity contribution >= 4 is 11.8 Å². The summed E-state index contributed by atoms with van der Waals surface area (Å²) < 4.78 is 5.50. The second-order valence-corrected chi connectivity index (χ2v) is 5.46. The van der Waals surface area contributed by atoms with Crippen LogP contribution in [0.15, 0.2) is 30.3 Å². The Balaban J connectivity index is 1.85. The molecule has 2 amide bonds. The first-order valence-electron chi connectivity index (χ1n) is 7.58. The van der Waals surface area contributed by atoms with Gasteiger partial charge in [0, 0.05) is 12.1 Å². The van der Waals surface area contributed by atoms with E-state index < -0.39 is 24.4 Å². The van der Waals surface area contributed by atoms with Crippen LogP contribution in [0.25, 0.3) is 0 Å². The minimum Gasteiger partial charge on any atom is -0.388 e. The third kappa shape index (κ3) is 4.55. The average Bonchev–Trinajstić information content (AvgIpc) is 2.86. The molecule has 2 rings (SSSR count). The molecule has 0 saturated carbocycles. The van der Waals surface area contributed by atoms with Crippen LogP contribution >= 0.6 is 0 Å². The number of nitrogens with one attached hydrogen (secondary N) is 2. The van der Waals surface area contributed by atoms with Gasteiger partial charge in [0.25, 0.3) is 5.91 Å².